The number of benzene rings is 2. The summed E-state index contributed by atoms with van der Waals surface area (Å²) in [5, 5.41) is 8.54. The Morgan fingerprint density at radius 1 is 1.17 bits per heavy atom. The molecule has 1 unspecified atom stereocenters. The monoisotopic (exact) mass is 323 g/mol. The lowest BCUT2D eigenvalue weighted by Crippen LogP contribution is -2.28. The van der Waals surface area contributed by atoms with Crippen LogP contribution in [0.3, 0.4) is 0 Å². The van der Waals surface area contributed by atoms with Gasteiger partial charge in [0.1, 0.15) is 0 Å². The molecular formula is C19H21N3O2. The van der Waals surface area contributed by atoms with Crippen LogP contribution in [0.1, 0.15) is 30.9 Å². The summed E-state index contributed by atoms with van der Waals surface area (Å²) in [6.45, 7) is 4.50. The summed E-state index contributed by atoms with van der Waals surface area (Å²) < 4.78 is 0. The lowest BCUT2D eigenvalue weighted by Gasteiger charge is -2.14. The molecule has 0 spiro atoms. The molecule has 24 heavy (non-hydrogen) atoms. The second-order valence-corrected chi connectivity index (χ2v) is 6.31. The van der Waals surface area contributed by atoms with Crippen LogP contribution in [0.2, 0.25) is 0 Å². The second-order valence-electron chi connectivity index (χ2n) is 6.31. The van der Waals surface area contributed by atoms with E-state index in [1.807, 2.05) is 56.3 Å². The fourth-order valence-electron chi connectivity index (χ4n) is 2.98. The predicted molar refractivity (Wildman–Crippen MR) is 95.0 cm³/mol. The van der Waals surface area contributed by atoms with E-state index in [-0.39, 0.29) is 23.8 Å². The summed E-state index contributed by atoms with van der Waals surface area (Å²) in [7, 11) is 0. The molecule has 0 aliphatic carbocycles. The number of fused-ring (bicyclic) bond motifs is 1. The molecule has 5 heteroatoms. The van der Waals surface area contributed by atoms with Crippen molar-refractivity contribution in [3.8, 4) is 0 Å². The normalized spacial score (nSPS) is 15.8. The molecule has 1 atom stereocenters. The van der Waals surface area contributed by atoms with Crippen LogP contribution in [0.15, 0.2) is 48.5 Å². The van der Waals surface area contributed by atoms with Crippen LogP contribution in [-0.2, 0) is 11.3 Å². The molecule has 0 saturated carbocycles. The summed E-state index contributed by atoms with van der Waals surface area (Å²) in [6.07, 6.45) is 0. The van der Waals surface area contributed by atoms with E-state index in [4.69, 9.17) is 0 Å². The van der Waals surface area contributed by atoms with Crippen LogP contribution < -0.4 is 16.0 Å². The van der Waals surface area contributed by atoms with Crippen molar-refractivity contribution in [3.05, 3.63) is 59.7 Å². The maximum Gasteiger partial charge on any atom is 0.319 e. The Morgan fingerprint density at radius 3 is 2.62 bits per heavy atom. The van der Waals surface area contributed by atoms with Crippen molar-refractivity contribution in [3.63, 3.8) is 0 Å². The van der Waals surface area contributed by atoms with E-state index in [0.29, 0.717) is 12.2 Å². The van der Waals surface area contributed by atoms with Gasteiger partial charge in [-0.25, -0.2) is 4.79 Å². The highest BCUT2D eigenvalue weighted by atomic mass is 16.2. The highest BCUT2D eigenvalue weighted by Gasteiger charge is 2.32. The SMILES string of the molecule is CC(C)C1C(=O)Nc2ccc(NC(=O)NCc3ccccc3)cc21. The van der Waals surface area contributed by atoms with E-state index in [1.54, 1.807) is 6.07 Å². The standard InChI is InChI=1S/C19H21N3O2/c1-12(2)17-15-10-14(8-9-16(15)22-18(17)23)21-19(24)20-11-13-6-4-3-5-7-13/h3-10,12,17H,11H2,1-2H3,(H,22,23)(H2,20,21,24). The molecule has 0 radical (unpaired) electrons. The maximum atomic E-state index is 12.1. The molecule has 3 N–H and O–H groups in total. The second kappa shape index (κ2) is 6.74. The number of hydrogen-bond donors (Lipinski definition) is 3. The number of rotatable bonds is 4. The van der Waals surface area contributed by atoms with Gasteiger partial charge in [0.2, 0.25) is 5.91 Å². The number of carbonyl (C=O) groups is 2. The van der Waals surface area contributed by atoms with Gasteiger partial charge >= 0.3 is 6.03 Å². The Kier molecular flexibility index (Phi) is 4.51. The molecule has 3 rings (SSSR count). The molecule has 0 aromatic heterocycles. The number of nitrogens with one attached hydrogen (secondary N) is 3. The van der Waals surface area contributed by atoms with E-state index < -0.39 is 0 Å². The van der Waals surface area contributed by atoms with Gasteiger partial charge in [0, 0.05) is 17.9 Å². The minimum atomic E-state index is -0.266. The van der Waals surface area contributed by atoms with Crippen molar-refractivity contribution < 1.29 is 9.59 Å². The van der Waals surface area contributed by atoms with Gasteiger partial charge in [0.05, 0.1) is 5.92 Å². The maximum absolute atomic E-state index is 12.1. The van der Waals surface area contributed by atoms with E-state index in [2.05, 4.69) is 16.0 Å². The highest BCUT2D eigenvalue weighted by molar-refractivity contribution is 6.04. The zero-order valence-corrected chi connectivity index (χ0v) is 13.8. The van der Waals surface area contributed by atoms with Gasteiger partial charge in [-0.15, -0.1) is 0 Å². The van der Waals surface area contributed by atoms with Gasteiger partial charge in [-0.2, -0.15) is 0 Å². The Balaban J connectivity index is 1.66. The third kappa shape index (κ3) is 3.40. The van der Waals surface area contributed by atoms with Crippen molar-refractivity contribution in [1.82, 2.24) is 5.32 Å². The smallest absolute Gasteiger partial charge is 0.319 e. The Morgan fingerprint density at radius 2 is 1.92 bits per heavy atom. The molecule has 124 valence electrons. The first-order chi connectivity index (χ1) is 11.5. The van der Waals surface area contributed by atoms with Gasteiger partial charge < -0.3 is 16.0 Å². The van der Waals surface area contributed by atoms with Crippen molar-refractivity contribution >= 4 is 23.3 Å². The van der Waals surface area contributed by atoms with Gasteiger partial charge in [-0.05, 0) is 35.2 Å². The molecular weight excluding hydrogens is 302 g/mol. The fraction of sp³-hybridized carbons (Fsp3) is 0.263. The third-order valence-corrected chi connectivity index (χ3v) is 4.15. The molecule has 2 aromatic carbocycles. The van der Waals surface area contributed by atoms with Gasteiger partial charge in [-0.1, -0.05) is 44.2 Å². The zero-order chi connectivity index (χ0) is 17.1. The average Bonchev–Trinajstić information content (AvgIpc) is 2.89. The summed E-state index contributed by atoms with van der Waals surface area (Å²) in [5.41, 5.74) is 3.49. The number of carbonyl (C=O) groups excluding carboxylic acids is 2. The fourth-order valence-corrected chi connectivity index (χ4v) is 2.98. The van der Waals surface area contributed by atoms with Gasteiger partial charge in [0.15, 0.2) is 0 Å². The highest BCUT2D eigenvalue weighted by Crippen LogP contribution is 2.38. The van der Waals surface area contributed by atoms with E-state index in [0.717, 1.165) is 16.8 Å². The molecule has 3 amide bonds. The van der Waals surface area contributed by atoms with Crippen LogP contribution in [0.5, 0.6) is 0 Å². The number of amides is 3. The third-order valence-electron chi connectivity index (χ3n) is 4.15. The molecule has 1 aliphatic heterocycles. The Labute approximate surface area is 141 Å². The Bertz CT molecular complexity index is 756. The summed E-state index contributed by atoms with van der Waals surface area (Å²) >= 11 is 0. The van der Waals surface area contributed by atoms with E-state index in [9.17, 15) is 9.59 Å². The van der Waals surface area contributed by atoms with E-state index in [1.165, 1.54) is 0 Å². The minimum absolute atomic E-state index is 0.0191. The first kappa shape index (κ1) is 16.1. The number of hydrogen-bond acceptors (Lipinski definition) is 2. The zero-order valence-electron chi connectivity index (χ0n) is 13.8. The number of anilines is 2. The van der Waals surface area contributed by atoms with Gasteiger partial charge in [-0.3, -0.25) is 4.79 Å². The molecule has 1 heterocycles. The summed E-state index contributed by atoms with van der Waals surface area (Å²) in [4.78, 5) is 24.1. The number of urea groups is 1. The van der Waals surface area contributed by atoms with Crippen molar-refractivity contribution in [2.45, 2.75) is 26.3 Å². The molecule has 5 nitrogen and oxygen atoms in total. The average molecular weight is 323 g/mol. The predicted octanol–water partition coefficient (Wildman–Crippen LogP) is 3.70. The van der Waals surface area contributed by atoms with Gasteiger partial charge in [0.25, 0.3) is 0 Å². The van der Waals surface area contributed by atoms with Crippen LogP contribution in [0, 0.1) is 5.92 Å². The quantitative estimate of drug-likeness (QED) is 0.803. The Hall–Kier alpha value is -2.82. The molecule has 1 aliphatic rings. The molecule has 0 fully saturated rings. The van der Waals surface area contributed by atoms with Crippen molar-refractivity contribution in [1.29, 1.82) is 0 Å². The molecule has 0 saturated heterocycles. The lowest BCUT2D eigenvalue weighted by atomic mass is 9.89. The van der Waals surface area contributed by atoms with Crippen LogP contribution in [-0.4, -0.2) is 11.9 Å². The topological polar surface area (TPSA) is 70.2 Å². The van der Waals surface area contributed by atoms with Crippen LogP contribution in [0.4, 0.5) is 16.2 Å². The largest absolute Gasteiger partial charge is 0.334 e. The summed E-state index contributed by atoms with van der Waals surface area (Å²) in [6, 6.07) is 15.0. The van der Waals surface area contributed by atoms with Crippen molar-refractivity contribution in [2.24, 2.45) is 5.92 Å². The summed E-state index contributed by atoms with van der Waals surface area (Å²) in [5.74, 6) is 0.0493. The first-order valence-corrected chi connectivity index (χ1v) is 8.08. The van der Waals surface area contributed by atoms with Crippen LogP contribution in [0.25, 0.3) is 0 Å². The van der Waals surface area contributed by atoms with Crippen molar-refractivity contribution in [2.75, 3.05) is 10.6 Å². The minimum Gasteiger partial charge on any atom is -0.334 e. The first-order valence-electron chi connectivity index (χ1n) is 8.08. The lowest BCUT2D eigenvalue weighted by molar-refractivity contribution is -0.117. The van der Waals surface area contributed by atoms with E-state index >= 15 is 0 Å². The van der Waals surface area contributed by atoms with Crippen LogP contribution >= 0.6 is 0 Å². The molecule has 0 bridgehead atoms. The molecule has 2 aromatic rings.